The number of thiazole rings is 1. The summed E-state index contributed by atoms with van der Waals surface area (Å²) >= 11 is 7.96. The first-order chi connectivity index (χ1) is 15.1. The zero-order chi connectivity index (χ0) is 22.0. The molecule has 0 unspecified atom stereocenters. The Bertz CT molecular complexity index is 1430. The molecule has 0 fully saturated rings. The van der Waals surface area contributed by atoms with Gasteiger partial charge in [0.1, 0.15) is 16.2 Å². The number of benzene rings is 2. The lowest BCUT2D eigenvalue weighted by Crippen LogP contribution is -2.22. The van der Waals surface area contributed by atoms with Crippen LogP contribution in [0.3, 0.4) is 0 Å². The Morgan fingerprint density at radius 3 is 2.71 bits per heavy atom. The van der Waals surface area contributed by atoms with Gasteiger partial charge in [-0.15, -0.1) is 0 Å². The molecule has 2 aromatic heterocycles. The average Bonchev–Trinajstić information content (AvgIpc) is 3.14. The minimum Gasteiger partial charge on any atom is -0.497 e. The Morgan fingerprint density at radius 1 is 1.16 bits per heavy atom. The topological polar surface area (TPSA) is 82.1 Å². The molecule has 156 valence electrons. The van der Waals surface area contributed by atoms with Crippen LogP contribution < -0.4 is 15.0 Å². The first-order valence-corrected chi connectivity index (χ1v) is 11.3. The molecule has 0 amide bonds. The van der Waals surface area contributed by atoms with Gasteiger partial charge in [-0.2, -0.15) is 5.26 Å². The summed E-state index contributed by atoms with van der Waals surface area (Å²) in [6.45, 7) is 0. The van der Waals surface area contributed by atoms with E-state index in [1.54, 1.807) is 30.9 Å². The van der Waals surface area contributed by atoms with Crippen LogP contribution in [0.2, 0.25) is 0 Å². The van der Waals surface area contributed by atoms with Crippen molar-refractivity contribution >= 4 is 45.7 Å². The van der Waals surface area contributed by atoms with E-state index in [4.69, 9.17) is 31.9 Å². The highest BCUT2D eigenvalue weighted by atomic mass is 32.2. The van der Waals surface area contributed by atoms with Crippen LogP contribution in [0.15, 0.2) is 58.5 Å². The molecule has 10 heteroatoms. The maximum absolute atomic E-state index is 13.6. The highest BCUT2D eigenvalue weighted by Gasteiger charge is 2.20. The summed E-state index contributed by atoms with van der Waals surface area (Å²) in [7, 11) is 3.13. The second-order valence-corrected chi connectivity index (χ2v) is 8.80. The molecule has 4 aromatic rings. The average molecular weight is 469 g/mol. The number of para-hydroxylation sites is 2. The van der Waals surface area contributed by atoms with Crippen molar-refractivity contribution in [3.05, 3.63) is 62.8 Å². The summed E-state index contributed by atoms with van der Waals surface area (Å²) in [4.78, 5) is 18.4. The molecular weight excluding hydrogens is 452 g/mol. The van der Waals surface area contributed by atoms with Crippen LogP contribution in [0.25, 0.3) is 21.7 Å². The maximum Gasteiger partial charge on any atom is 0.278 e. The summed E-state index contributed by atoms with van der Waals surface area (Å²) in [6.07, 6.45) is 0. The van der Waals surface area contributed by atoms with Crippen molar-refractivity contribution in [3.8, 4) is 28.9 Å². The van der Waals surface area contributed by atoms with E-state index in [1.165, 1.54) is 27.7 Å². The molecule has 0 atom stereocenters. The van der Waals surface area contributed by atoms with E-state index in [-0.39, 0.29) is 11.3 Å². The van der Waals surface area contributed by atoms with Gasteiger partial charge < -0.3 is 9.47 Å². The molecule has 2 aromatic carbocycles. The minimum atomic E-state index is -0.271. The maximum atomic E-state index is 13.6. The van der Waals surface area contributed by atoms with Gasteiger partial charge in [0, 0.05) is 6.07 Å². The van der Waals surface area contributed by atoms with Gasteiger partial charge in [0.05, 0.1) is 37.4 Å². The third-order valence-electron chi connectivity index (χ3n) is 4.48. The van der Waals surface area contributed by atoms with Crippen molar-refractivity contribution < 1.29 is 9.47 Å². The van der Waals surface area contributed by atoms with E-state index < -0.39 is 0 Å². The third kappa shape index (κ3) is 3.83. The van der Waals surface area contributed by atoms with Crippen LogP contribution in [0, 0.1) is 15.3 Å². The smallest absolute Gasteiger partial charge is 0.278 e. The summed E-state index contributed by atoms with van der Waals surface area (Å²) in [6, 6.07) is 16.7. The number of hydrogen-bond acceptors (Lipinski definition) is 8. The number of thioether (sulfide) groups is 1. The number of rotatable bonds is 6. The molecule has 4 rings (SSSR count). The predicted octanol–water partition coefficient (Wildman–Crippen LogP) is 4.60. The van der Waals surface area contributed by atoms with Gasteiger partial charge >= 0.3 is 0 Å². The van der Waals surface area contributed by atoms with Gasteiger partial charge in [0.25, 0.3) is 5.56 Å². The molecule has 0 saturated heterocycles. The Kier molecular flexibility index (Phi) is 6.08. The molecule has 0 bridgehead atoms. The number of hydrogen-bond donors (Lipinski definition) is 0. The largest absolute Gasteiger partial charge is 0.497 e. The molecule has 2 heterocycles. The fourth-order valence-corrected chi connectivity index (χ4v) is 5.10. The van der Waals surface area contributed by atoms with E-state index >= 15 is 0 Å². The van der Waals surface area contributed by atoms with Crippen molar-refractivity contribution in [3.63, 3.8) is 0 Å². The van der Waals surface area contributed by atoms with Crippen LogP contribution in [0.4, 0.5) is 0 Å². The third-order valence-corrected chi connectivity index (χ3v) is 6.64. The number of nitriles is 1. The van der Waals surface area contributed by atoms with Gasteiger partial charge in [-0.05, 0) is 36.5 Å². The van der Waals surface area contributed by atoms with Crippen LogP contribution in [-0.2, 0) is 0 Å². The quantitative estimate of drug-likeness (QED) is 0.232. The highest BCUT2D eigenvalue weighted by Crippen LogP contribution is 2.30. The molecule has 0 aliphatic rings. The van der Waals surface area contributed by atoms with Crippen molar-refractivity contribution in [2.75, 3.05) is 20.0 Å². The number of aromatic nitrogens is 3. The van der Waals surface area contributed by atoms with E-state index in [0.717, 1.165) is 5.69 Å². The monoisotopic (exact) mass is 468 g/mol. The zero-order valence-electron chi connectivity index (χ0n) is 16.6. The molecule has 0 spiro atoms. The summed E-state index contributed by atoms with van der Waals surface area (Å²) in [5.74, 6) is 1.33. The second-order valence-electron chi connectivity index (χ2n) is 6.21. The van der Waals surface area contributed by atoms with Crippen LogP contribution in [0.5, 0.6) is 11.5 Å². The van der Waals surface area contributed by atoms with E-state index in [1.807, 2.05) is 36.4 Å². The summed E-state index contributed by atoms with van der Waals surface area (Å²) in [5.41, 5.74) is 1.47. The normalized spacial score (nSPS) is 10.7. The minimum absolute atomic E-state index is 0.136. The molecule has 0 N–H and O–H groups in total. The summed E-state index contributed by atoms with van der Waals surface area (Å²) in [5, 5.41) is 9.50. The molecule has 31 heavy (non-hydrogen) atoms. The van der Waals surface area contributed by atoms with Crippen molar-refractivity contribution in [1.29, 1.82) is 5.26 Å². The van der Waals surface area contributed by atoms with Gasteiger partial charge in [0.15, 0.2) is 14.8 Å². The Balaban J connectivity index is 2.06. The molecule has 0 aliphatic carbocycles. The SMILES string of the molecule is COc1cccc(-n2c(=S)sc3c(=O)n(-c4ccccc4OC)c(SCC#N)nc32)c1. The van der Waals surface area contributed by atoms with Gasteiger partial charge in [-0.25, -0.2) is 4.98 Å². The van der Waals surface area contributed by atoms with Crippen LogP contribution in [-0.4, -0.2) is 34.1 Å². The van der Waals surface area contributed by atoms with Crippen LogP contribution >= 0.6 is 35.3 Å². The molecular formula is C21H16N4O3S3. The Labute approximate surface area is 191 Å². The number of methoxy groups -OCH3 is 2. The second kappa shape index (κ2) is 8.93. The lowest BCUT2D eigenvalue weighted by molar-refractivity contribution is 0.411. The van der Waals surface area contributed by atoms with E-state index in [2.05, 4.69) is 6.07 Å². The Morgan fingerprint density at radius 2 is 1.97 bits per heavy atom. The number of ether oxygens (including phenoxy) is 2. The van der Waals surface area contributed by atoms with Crippen molar-refractivity contribution in [1.82, 2.24) is 14.1 Å². The molecule has 0 saturated carbocycles. The lowest BCUT2D eigenvalue weighted by Gasteiger charge is -2.14. The van der Waals surface area contributed by atoms with Crippen LogP contribution in [0.1, 0.15) is 0 Å². The van der Waals surface area contributed by atoms with E-state index in [0.29, 0.717) is 36.6 Å². The van der Waals surface area contributed by atoms with Crippen molar-refractivity contribution in [2.45, 2.75) is 5.16 Å². The molecule has 0 aliphatic heterocycles. The highest BCUT2D eigenvalue weighted by molar-refractivity contribution is 7.99. The first-order valence-electron chi connectivity index (χ1n) is 9.05. The van der Waals surface area contributed by atoms with Gasteiger partial charge in [0.2, 0.25) is 0 Å². The summed E-state index contributed by atoms with van der Waals surface area (Å²) < 4.78 is 14.9. The lowest BCUT2D eigenvalue weighted by atomic mass is 10.3. The van der Waals surface area contributed by atoms with Crippen molar-refractivity contribution in [2.24, 2.45) is 0 Å². The first kappa shape index (κ1) is 21.1. The fraction of sp³-hybridized carbons (Fsp3) is 0.143. The molecule has 0 radical (unpaired) electrons. The zero-order valence-corrected chi connectivity index (χ0v) is 19.0. The van der Waals surface area contributed by atoms with Gasteiger partial charge in [-0.1, -0.05) is 41.3 Å². The van der Waals surface area contributed by atoms with E-state index in [9.17, 15) is 4.79 Å². The van der Waals surface area contributed by atoms with Gasteiger partial charge in [-0.3, -0.25) is 13.9 Å². The molecule has 7 nitrogen and oxygen atoms in total. The standard InChI is InChI=1S/C21H16N4O3S3/c1-27-14-7-5-6-13(12-14)24-18-17(31-21(24)29)19(26)25(20(23-18)30-11-10-22)15-8-3-4-9-16(15)28-2/h3-9,12H,11H2,1-2H3. The number of nitrogens with zero attached hydrogens (tertiary/aromatic N) is 4. The fourth-order valence-electron chi connectivity index (χ4n) is 3.13. The predicted molar refractivity (Wildman–Crippen MR) is 125 cm³/mol. The number of fused-ring (bicyclic) bond motifs is 1. The Hall–Kier alpha value is -3.13.